The summed E-state index contributed by atoms with van der Waals surface area (Å²) in [5.74, 6) is 0. The predicted molar refractivity (Wildman–Crippen MR) is 52.1 cm³/mol. The molecule has 2 rings (SSSR count). The quantitative estimate of drug-likeness (QED) is 0.624. The van der Waals surface area contributed by atoms with Crippen molar-refractivity contribution in [2.24, 2.45) is 11.5 Å². The molecule has 0 unspecified atom stereocenters. The van der Waals surface area contributed by atoms with Crippen molar-refractivity contribution in [2.75, 3.05) is 6.54 Å². The zero-order valence-electron chi connectivity index (χ0n) is 7.20. The van der Waals surface area contributed by atoms with Crippen LogP contribution in [0.25, 0.3) is 11.0 Å². The molecule has 2 aromatic heterocycles. The minimum absolute atomic E-state index is 0.167. The van der Waals surface area contributed by atoms with Gasteiger partial charge < -0.3 is 16.5 Å². The lowest BCUT2D eigenvalue weighted by Crippen LogP contribution is -2.21. The maximum absolute atomic E-state index is 5.76. The van der Waals surface area contributed by atoms with Crippen molar-refractivity contribution in [1.29, 1.82) is 0 Å². The van der Waals surface area contributed by atoms with E-state index in [1.165, 1.54) is 0 Å². The maximum atomic E-state index is 5.76. The summed E-state index contributed by atoms with van der Waals surface area (Å²) in [4.78, 5) is 7.44. The van der Waals surface area contributed by atoms with Crippen LogP contribution in [0.4, 0.5) is 0 Å². The number of nitrogens with one attached hydrogen (secondary N) is 1. The van der Waals surface area contributed by atoms with Crippen LogP contribution >= 0.6 is 0 Å². The van der Waals surface area contributed by atoms with E-state index in [2.05, 4.69) is 9.97 Å². The van der Waals surface area contributed by atoms with Gasteiger partial charge in [0.15, 0.2) is 0 Å². The van der Waals surface area contributed by atoms with Gasteiger partial charge in [0.25, 0.3) is 0 Å². The fourth-order valence-electron chi connectivity index (χ4n) is 1.28. The van der Waals surface area contributed by atoms with Crippen LogP contribution in [0.3, 0.4) is 0 Å². The van der Waals surface area contributed by atoms with E-state index >= 15 is 0 Å². The Hall–Kier alpha value is -1.39. The second kappa shape index (κ2) is 3.16. The van der Waals surface area contributed by atoms with E-state index in [0.717, 1.165) is 16.7 Å². The van der Waals surface area contributed by atoms with Gasteiger partial charge in [-0.3, -0.25) is 0 Å². The van der Waals surface area contributed by atoms with E-state index in [-0.39, 0.29) is 6.04 Å². The first-order valence-electron chi connectivity index (χ1n) is 4.21. The first kappa shape index (κ1) is 8.22. The van der Waals surface area contributed by atoms with Gasteiger partial charge in [-0.15, -0.1) is 0 Å². The first-order valence-corrected chi connectivity index (χ1v) is 4.21. The van der Waals surface area contributed by atoms with Gasteiger partial charge in [-0.2, -0.15) is 0 Å². The van der Waals surface area contributed by atoms with Gasteiger partial charge in [0.1, 0.15) is 0 Å². The van der Waals surface area contributed by atoms with Gasteiger partial charge in [-0.25, -0.2) is 4.98 Å². The summed E-state index contributed by atoms with van der Waals surface area (Å²) in [7, 11) is 0. The number of H-pyrrole nitrogens is 1. The average Bonchev–Trinajstić information content (AvgIpc) is 2.63. The van der Waals surface area contributed by atoms with Crippen molar-refractivity contribution in [2.45, 2.75) is 6.04 Å². The Bertz CT molecular complexity index is 407. The third-order valence-corrected chi connectivity index (χ3v) is 2.06. The number of rotatable bonds is 2. The van der Waals surface area contributed by atoms with Crippen LogP contribution in [0.5, 0.6) is 0 Å². The largest absolute Gasteiger partial charge is 0.360 e. The summed E-state index contributed by atoms with van der Waals surface area (Å²) in [6.07, 6.45) is 1.86. The number of hydrogen-bond donors (Lipinski definition) is 3. The molecule has 0 amide bonds. The summed E-state index contributed by atoms with van der Waals surface area (Å²) in [6, 6.07) is 5.62. The van der Waals surface area contributed by atoms with Crippen LogP contribution in [0.2, 0.25) is 0 Å². The summed E-state index contributed by atoms with van der Waals surface area (Å²) in [6.45, 7) is 0.420. The molecule has 13 heavy (non-hydrogen) atoms. The lowest BCUT2D eigenvalue weighted by atomic mass is 10.2. The van der Waals surface area contributed by atoms with Crippen molar-refractivity contribution in [3.05, 3.63) is 30.1 Å². The molecule has 2 heterocycles. The molecule has 0 aromatic carbocycles. The van der Waals surface area contributed by atoms with Crippen LogP contribution in [0.1, 0.15) is 11.7 Å². The lowest BCUT2D eigenvalue weighted by molar-refractivity contribution is 0.715. The fraction of sp³-hybridized carbons (Fsp3) is 0.222. The van der Waals surface area contributed by atoms with E-state index in [1.807, 2.05) is 24.4 Å². The molecule has 0 bridgehead atoms. The molecule has 0 fully saturated rings. The highest BCUT2D eigenvalue weighted by Gasteiger charge is 2.05. The number of nitrogens with zero attached hydrogens (tertiary/aromatic N) is 1. The van der Waals surface area contributed by atoms with E-state index in [0.29, 0.717) is 6.54 Å². The Morgan fingerprint density at radius 2 is 2.23 bits per heavy atom. The molecular weight excluding hydrogens is 164 g/mol. The molecule has 4 nitrogen and oxygen atoms in total. The van der Waals surface area contributed by atoms with Gasteiger partial charge in [-0.05, 0) is 18.2 Å². The summed E-state index contributed by atoms with van der Waals surface area (Å²) < 4.78 is 0. The van der Waals surface area contributed by atoms with Crippen LogP contribution in [0, 0.1) is 0 Å². The molecular formula is C9H12N4. The molecule has 2 aromatic rings. The highest BCUT2D eigenvalue weighted by atomic mass is 14.8. The number of hydrogen-bond acceptors (Lipinski definition) is 3. The van der Waals surface area contributed by atoms with E-state index in [1.54, 1.807) is 0 Å². The van der Waals surface area contributed by atoms with E-state index in [9.17, 15) is 0 Å². The Morgan fingerprint density at radius 3 is 3.00 bits per heavy atom. The lowest BCUT2D eigenvalue weighted by Gasteiger charge is -2.06. The molecule has 0 aliphatic carbocycles. The van der Waals surface area contributed by atoms with Crippen molar-refractivity contribution in [1.82, 2.24) is 9.97 Å². The van der Waals surface area contributed by atoms with Gasteiger partial charge in [-0.1, -0.05) is 0 Å². The van der Waals surface area contributed by atoms with Crippen molar-refractivity contribution in [3.63, 3.8) is 0 Å². The first-order chi connectivity index (χ1) is 6.31. The molecule has 0 aliphatic heterocycles. The number of pyridine rings is 1. The van der Waals surface area contributed by atoms with Gasteiger partial charge in [0.2, 0.25) is 0 Å². The van der Waals surface area contributed by atoms with Gasteiger partial charge in [0.05, 0.1) is 22.8 Å². The topological polar surface area (TPSA) is 80.7 Å². The molecule has 1 atom stereocenters. The van der Waals surface area contributed by atoms with Gasteiger partial charge >= 0.3 is 0 Å². The Labute approximate surface area is 76.0 Å². The van der Waals surface area contributed by atoms with Crippen molar-refractivity contribution in [3.8, 4) is 0 Å². The second-order valence-corrected chi connectivity index (χ2v) is 2.99. The average molecular weight is 176 g/mol. The standard InChI is InChI=1S/C9H12N4/c10-5-6(11)7-1-2-8-9(13-7)3-4-12-8/h1-4,6,12H,5,10-11H2/t6-/m1/s1. The van der Waals surface area contributed by atoms with Crippen molar-refractivity contribution < 1.29 is 0 Å². The molecule has 0 radical (unpaired) electrons. The van der Waals surface area contributed by atoms with Crippen LogP contribution in [0.15, 0.2) is 24.4 Å². The summed E-state index contributed by atoms with van der Waals surface area (Å²) in [5.41, 5.74) is 14.0. The molecule has 0 saturated carbocycles. The van der Waals surface area contributed by atoms with Crippen LogP contribution in [-0.2, 0) is 0 Å². The van der Waals surface area contributed by atoms with E-state index in [4.69, 9.17) is 11.5 Å². The number of aromatic nitrogens is 2. The Balaban J connectivity index is 2.48. The summed E-state index contributed by atoms with van der Waals surface area (Å²) >= 11 is 0. The van der Waals surface area contributed by atoms with E-state index < -0.39 is 0 Å². The SMILES string of the molecule is NC[C@@H](N)c1ccc2[nH]ccc2n1. The zero-order chi connectivity index (χ0) is 9.26. The van der Waals surface area contributed by atoms with Crippen LogP contribution in [-0.4, -0.2) is 16.5 Å². The molecule has 4 heteroatoms. The smallest absolute Gasteiger partial charge is 0.0882 e. The minimum Gasteiger partial charge on any atom is -0.360 e. The molecule has 68 valence electrons. The number of fused-ring (bicyclic) bond motifs is 1. The highest BCUT2D eigenvalue weighted by molar-refractivity contribution is 5.74. The third-order valence-electron chi connectivity index (χ3n) is 2.06. The normalized spacial score (nSPS) is 13.4. The molecule has 0 spiro atoms. The molecule has 0 saturated heterocycles. The monoisotopic (exact) mass is 176 g/mol. The zero-order valence-corrected chi connectivity index (χ0v) is 7.20. The molecule has 5 N–H and O–H groups in total. The second-order valence-electron chi connectivity index (χ2n) is 2.99. The maximum Gasteiger partial charge on any atom is 0.0882 e. The Kier molecular flexibility index (Phi) is 2.00. The summed E-state index contributed by atoms with van der Waals surface area (Å²) in [5, 5.41) is 0. The van der Waals surface area contributed by atoms with Crippen molar-refractivity contribution >= 4 is 11.0 Å². The number of aromatic amines is 1. The fourth-order valence-corrected chi connectivity index (χ4v) is 1.28. The van der Waals surface area contributed by atoms with Gasteiger partial charge in [0, 0.05) is 12.7 Å². The third kappa shape index (κ3) is 1.41. The predicted octanol–water partition coefficient (Wildman–Crippen LogP) is 0.521. The minimum atomic E-state index is -0.167. The van der Waals surface area contributed by atoms with Crippen LogP contribution < -0.4 is 11.5 Å². The Morgan fingerprint density at radius 1 is 1.38 bits per heavy atom. The number of nitrogens with two attached hydrogens (primary N) is 2. The molecule has 0 aliphatic rings. The highest BCUT2D eigenvalue weighted by Crippen LogP contribution is 2.13.